The first-order valence-corrected chi connectivity index (χ1v) is 6.94. The van der Waals surface area contributed by atoms with Crippen molar-refractivity contribution < 1.29 is 23.2 Å². The highest BCUT2D eigenvalue weighted by atomic mass is 28.4. The molecular weight excluding hydrogens is 228 g/mol. The molecule has 1 radical (unpaired) electrons. The SMILES string of the molecule is CC=CC([O])=O.CCC[Si](OC)(OC)OC. The topological polar surface area (TPSA) is 64.7 Å². The Labute approximate surface area is 98.4 Å². The van der Waals surface area contributed by atoms with Gasteiger partial charge in [-0.25, -0.2) is 9.90 Å². The van der Waals surface area contributed by atoms with Crippen molar-refractivity contribution in [2.24, 2.45) is 0 Å². The fourth-order valence-electron chi connectivity index (χ4n) is 0.998. The van der Waals surface area contributed by atoms with Crippen LogP contribution >= 0.6 is 0 Å². The van der Waals surface area contributed by atoms with Gasteiger partial charge in [0.05, 0.1) is 0 Å². The summed E-state index contributed by atoms with van der Waals surface area (Å²) in [7, 11) is 2.68. The lowest BCUT2D eigenvalue weighted by Crippen LogP contribution is -2.42. The van der Waals surface area contributed by atoms with E-state index in [2.05, 4.69) is 6.92 Å². The molecule has 0 rings (SSSR count). The Morgan fingerprint density at radius 3 is 1.69 bits per heavy atom. The molecule has 16 heavy (non-hydrogen) atoms. The molecule has 0 spiro atoms. The molecule has 0 aliphatic heterocycles. The Balaban J connectivity index is 0. The average molecular weight is 249 g/mol. The maximum atomic E-state index is 9.40. The van der Waals surface area contributed by atoms with Crippen LogP contribution in [-0.2, 0) is 23.2 Å². The number of rotatable bonds is 6. The van der Waals surface area contributed by atoms with Crippen LogP contribution in [0.1, 0.15) is 20.3 Å². The van der Waals surface area contributed by atoms with Gasteiger partial charge >= 0.3 is 14.8 Å². The van der Waals surface area contributed by atoms with Crippen molar-refractivity contribution >= 4 is 14.8 Å². The molecule has 0 saturated heterocycles. The summed E-state index contributed by atoms with van der Waals surface area (Å²) >= 11 is 0. The number of carbonyl (C=O) groups is 1. The van der Waals surface area contributed by atoms with Crippen molar-refractivity contribution in [3.8, 4) is 0 Å². The van der Waals surface area contributed by atoms with Crippen molar-refractivity contribution in [2.45, 2.75) is 26.3 Å². The van der Waals surface area contributed by atoms with E-state index in [-0.39, 0.29) is 0 Å². The van der Waals surface area contributed by atoms with Gasteiger partial charge in [0, 0.05) is 33.4 Å². The Hall–Kier alpha value is -0.693. The lowest BCUT2D eigenvalue weighted by Gasteiger charge is -2.23. The number of carbonyl (C=O) groups excluding carboxylic acids is 1. The van der Waals surface area contributed by atoms with Crippen molar-refractivity contribution in [2.75, 3.05) is 21.3 Å². The van der Waals surface area contributed by atoms with Crippen molar-refractivity contribution in [1.29, 1.82) is 0 Å². The largest absolute Gasteiger partial charge is 0.500 e. The van der Waals surface area contributed by atoms with Crippen LogP contribution in [0.2, 0.25) is 6.04 Å². The van der Waals surface area contributed by atoms with Gasteiger partial charge in [-0.2, -0.15) is 0 Å². The quantitative estimate of drug-likeness (QED) is 0.532. The van der Waals surface area contributed by atoms with Gasteiger partial charge in [0.2, 0.25) is 0 Å². The molecule has 0 aromatic heterocycles. The molecule has 0 saturated carbocycles. The van der Waals surface area contributed by atoms with Gasteiger partial charge in [0.15, 0.2) is 0 Å². The molecule has 0 aliphatic rings. The van der Waals surface area contributed by atoms with Gasteiger partial charge in [-0.15, -0.1) is 0 Å². The second-order valence-corrected chi connectivity index (χ2v) is 5.96. The van der Waals surface area contributed by atoms with Crippen LogP contribution in [0.4, 0.5) is 0 Å². The van der Waals surface area contributed by atoms with Crippen LogP contribution in [0.3, 0.4) is 0 Å². The number of hydrogen-bond donors (Lipinski definition) is 0. The molecule has 0 aliphatic carbocycles. The lowest BCUT2D eigenvalue weighted by atomic mass is 10.5. The van der Waals surface area contributed by atoms with Gasteiger partial charge in [0.25, 0.3) is 0 Å². The molecule has 0 aromatic carbocycles. The predicted molar refractivity (Wildman–Crippen MR) is 62.4 cm³/mol. The van der Waals surface area contributed by atoms with E-state index in [1.165, 1.54) is 6.08 Å². The fourth-order valence-corrected chi connectivity index (χ4v) is 2.72. The zero-order valence-electron chi connectivity index (χ0n) is 10.6. The molecule has 0 atom stereocenters. The van der Waals surface area contributed by atoms with Crippen LogP contribution in [0, 0.1) is 0 Å². The number of allylic oxidation sites excluding steroid dienone is 1. The minimum atomic E-state index is -2.22. The highest BCUT2D eigenvalue weighted by Gasteiger charge is 2.36. The summed E-state index contributed by atoms with van der Waals surface area (Å²) in [4.78, 5) is 9.40. The highest BCUT2D eigenvalue weighted by molar-refractivity contribution is 6.60. The van der Waals surface area contributed by atoms with E-state index in [1.807, 2.05) is 0 Å². The molecule has 95 valence electrons. The van der Waals surface area contributed by atoms with E-state index in [0.29, 0.717) is 0 Å². The summed E-state index contributed by atoms with van der Waals surface area (Å²) in [5.74, 6) is -1.14. The number of hydrogen-bond acceptors (Lipinski definition) is 4. The Kier molecular flexibility index (Phi) is 12.0. The molecule has 0 fully saturated rings. The van der Waals surface area contributed by atoms with Crippen LogP contribution in [0.15, 0.2) is 12.2 Å². The summed E-state index contributed by atoms with van der Waals surface area (Å²) in [6.07, 6.45) is 3.41. The second-order valence-electron chi connectivity index (χ2n) is 2.86. The first-order valence-electron chi connectivity index (χ1n) is 5.01. The van der Waals surface area contributed by atoms with Crippen molar-refractivity contribution in [1.82, 2.24) is 0 Å². The Bertz CT molecular complexity index is 193. The average Bonchev–Trinajstić information content (AvgIpc) is 2.27. The predicted octanol–water partition coefficient (Wildman–Crippen LogP) is 1.79. The first kappa shape index (κ1) is 17.7. The molecule has 0 N–H and O–H groups in total. The minimum Gasteiger partial charge on any atom is -0.377 e. The highest BCUT2D eigenvalue weighted by Crippen LogP contribution is 2.13. The van der Waals surface area contributed by atoms with E-state index < -0.39 is 14.8 Å². The third-order valence-electron chi connectivity index (χ3n) is 1.79. The normalized spacial score (nSPS) is 11.1. The molecular formula is C10H21O5Si. The first-order chi connectivity index (χ1) is 7.51. The lowest BCUT2D eigenvalue weighted by molar-refractivity contribution is -0.137. The van der Waals surface area contributed by atoms with Crippen molar-refractivity contribution in [3.63, 3.8) is 0 Å². The summed E-state index contributed by atoms with van der Waals surface area (Å²) in [6.45, 7) is 3.70. The van der Waals surface area contributed by atoms with Crippen LogP contribution in [0.25, 0.3) is 0 Å². The van der Waals surface area contributed by atoms with Gasteiger partial charge in [0.1, 0.15) is 0 Å². The zero-order valence-corrected chi connectivity index (χ0v) is 11.6. The van der Waals surface area contributed by atoms with E-state index in [9.17, 15) is 9.90 Å². The van der Waals surface area contributed by atoms with Crippen LogP contribution < -0.4 is 0 Å². The molecule has 0 unspecified atom stereocenters. The second kappa shape index (κ2) is 10.8. The van der Waals surface area contributed by atoms with E-state index in [0.717, 1.165) is 18.5 Å². The maximum absolute atomic E-state index is 9.40. The summed E-state index contributed by atoms with van der Waals surface area (Å²) in [5.41, 5.74) is 0. The van der Waals surface area contributed by atoms with Gasteiger partial charge in [-0.3, -0.25) is 0 Å². The van der Waals surface area contributed by atoms with Crippen LogP contribution in [-0.4, -0.2) is 36.1 Å². The maximum Gasteiger partial charge on any atom is 0.500 e. The Morgan fingerprint density at radius 2 is 1.62 bits per heavy atom. The summed E-state index contributed by atoms with van der Waals surface area (Å²) in [5, 5.41) is 9.40. The van der Waals surface area contributed by atoms with Crippen molar-refractivity contribution in [3.05, 3.63) is 12.2 Å². The molecule has 0 amide bonds. The molecule has 0 heterocycles. The Morgan fingerprint density at radius 1 is 1.19 bits per heavy atom. The zero-order chi connectivity index (χ0) is 13.0. The van der Waals surface area contributed by atoms with E-state index >= 15 is 0 Å². The summed E-state index contributed by atoms with van der Waals surface area (Å²) < 4.78 is 15.5. The van der Waals surface area contributed by atoms with E-state index in [1.54, 1.807) is 28.3 Å². The van der Waals surface area contributed by atoms with E-state index in [4.69, 9.17) is 13.3 Å². The molecule has 6 heteroatoms. The standard InChI is InChI=1S/C6H16O3Si.C4H5O2/c1-5-6-10(7-2,8-3)9-4;1-2-3-4(5)6/h5-6H2,1-4H3;2-3H,1H3. The van der Waals surface area contributed by atoms with Gasteiger partial charge < -0.3 is 13.3 Å². The molecule has 0 aromatic rings. The van der Waals surface area contributed by atoms with Gasteiger partial charge in [-0.1, -0.05) is 19.4 Å². The third-order valence-corrected chi connectivity index (χ3v) is 4.77. The van der Waals surface area contributed by atoms with Gasteiger partial charge in [-0.05, 0) is 6.92 Å². The monoisotopic (exact) mass is 249 g/mol. The third kappa shape index (κ3) is 8.60. The van der Waals surface area contributed by atoms with Crippen LogP contribution in [0.5, 0.6) is 0 Å². The molecule has 5 nitrogen and oxygen atoms in total. The fraction of sp³-hybridized carbons (Fsp3) is 0.700. The smallest absolute Gasteiger partial charge is 0.377 e. The minimum absolute atomic E-state index is 0.885. The molecule has 0 bridgehead atoms. The summed E-state index contributed by atoms with van der Waals surface area (Å²) in [6, 6.07) is 0.885.